The van der Waals surface area contributed by atoms with Crippen LogP contribution in [0.3, 0.4) is 0 Å². The summed E-state index contributed by atoms with van der Waals surface area (Å²) in [5.74, 6) is -0.321. The standard InChI is InChI=1S/C17H29N3O3/c1-6-23-16(22)14-7-9-20(10-8-14)13(4)15(21)19-17(5,11-18)12(2)3/h12-14H,6-10H2,1-5H3,(H,19,21)/t13-,17+/m1/s1. The first-order chi connectivity index (χ1) is 10.7. The Bertz CT molecular complexity index is 464. The number of carbonyl (C=O) groups excluding carboxylic acids is 2. The number of amides is 1. The molecule has 0 aromatic heterocycles. The molecule has 130 valence electrons. The molecule has 1 fully saturated rings. The van der Waals surface area contributed by atoms with Gasteiger partial charge in [0.25, 0.3) is 0 Å². The molecule has 6 heteroatoms. The van der Waals surface area contributed by atoms with E-state index < -0.39 is 5.54 Å². The Hall–Kier alpha value is -1.61. The number of hydrogen-bond donors (Lipinski definition) is 1. The van der Waals surface area contributed by atoms with Crippen LogP contribution in [0.15, 0.2) is 0 Å². The van der Waals surface area contributed by atoms with Crippen LogP contribution < -0.4 is 5.32 Å². The molecule has 1 saturated heterocycles. The van der Waals surface area contributed by atoms with Gasteiger partial charge in [0.1, 0.15) is 5.54 Å². The van der Waals surface area contributed by atoms with Gasteiger partial charge < -0.3 is 10.1 Å². The minimum Gasteiger partial charge on any atom is -0.466 e. The summed E-state index contributed by atoms with van der Waals surface area (Å²) >= 11 is 0. The third-order valence-electron chi connectivity index (χ3n) is 4.85. The quantitative estimate of drug-likeness (QED) is 0.752. The molecule has 1 N–H and O–H groups in total. The van der Waals surface area contributed by atoms with Crippen molar-refractivity contribution < 1.29 is 14.3 Å². The van der Waals surface area contributed by atoms with Crippen molar-refractivity contribution in [3.05, 3.63) is 0 Å². The molecule has 23 heavy (non-hydrogen) atoms. The predicted molar refractivity (Wildman–Crippen MR) is 87.4 cm³/mol. The van der Waals surface area contributed by atoms with Crippen LogP contribution in [0.5, 0.6) is 0 Å². The van der Waals surface area contributed by atoms with Gasteiger partial charge in [-0.2, -0.15) is 5.26 Å². The highest BCUT2D eigenvalue weighted by atomic mass is 16.5. The summed E-state index contributed by atoms with van der Waals surface area (Å²) in [7, 11) is 0. The number of carbonyl (C=O) groups is 2. The molecular weight excluding hydrogens is 294 g/mol. The molecule has 0 aromatic carbocycles. The van der Waals surface area contributed by atoms with Crippen LogP contribution in [0.4, 0.5) is 0 Å². The van der Waals surface area contributed by atoms with Crippen LogP contribution in [0, 0.1) is 23.2 Å². The van der Waals surface area contributed by atoms with E-state index in [9.17, 15) is 14.9 Å². The second kappa shape index (κ2) is 8.30. The molecule has 0 saturated carbocycles. The molecule has 0 radical (unpaired) electrons. The molecule has 1 amide bonds. The largest absolute Gasteiger partial charge is 0.466 e. The van der Waals surface area contributed by atoms with E-state index >= 15 is 0 Å². The Morgan fingerprint density at radius 1 is 1.35 bits per heavy atom. The minimum absolute atomic E-state index is 0.0261. The van der Waals surface area contributed by atoms with Gasteiger partial charge in [-0.25, -0.2) is 0 Å². The average Bonchev–Trinajstić information content (AvgIpc) is 2.54. The molecule has 1 heterocycles. The van der Waals surface area contributed by atoms with Crippen molar-refractivity contribution in [1.29, 1.82) is 5.26 Å². The molecule has 0 aliphatic carbocycles. The highest BCUT2D eigenvalue weighted by Gasteiger charge is 2.35. The molecule has 0 bridgehead atoms. The average molecular weight is 323 g/mol. The smallest absolute Gasteiger partial charge is 0.309 e. The van der Waals surface area contributed by atoms with Crippen LogP contribution in [-0.4, -0.2) is 48.1 Å². The molecular formula is C17H29N3O3. The van der Waals surface area contributed by atoms with Gasteiger partial charge in [0.2, 0.25) is 5.91 Å². The summed E-state index contributed by atoms with van der Waals surface area (Å²) < 4.78 is 5.06. The number of piperidine rings is 1. The Morgan fingerprint density at radius 3 is 2.35 bits per heavy atom. The molecule has 0 aromatic rings. The Morgan fingerprint density at radius 2 is 1.91 bits per heavy atom. The second-order valence-corrected chi connectivity index (χ2v) is 6.70. The van der Waals surface area contributed by atoms with Gasteiger partial charge in [0, 0.05) is 0 Å². The molecule has 1 aliphatic rings. The maximum absolute atomic E-state index is 12.4. The molecule has 1 aliphatic heterocycles. The second-order valence-electron chi connectivity index (χ2n) is 6.70. The van der Waals surface area contributed by atoms with Gasteiger partial charge in [-0.15, -0.1) is 0 Å². The number of nitriles is 1. The van der Waals surface area contributed by atoms with Crippen molar-refractivity contribution in [3.8, 4) is 6.07 Å². The highest BCUT2D eigenvalue weighted by molar-refractivity contribution is 5.82. The van der Waals surface area contributed by atoms with Crippen LogP contribution in [0.2, 0.25) is 0 Å². The predicted octanol–water partition coefficient (Wildman–Crippen LogP) is 1.70. The molecule has 0 unspecified atom stereocenters. The fraction of sp³-hybridized carbons (Fsp3) is 0.824. The van der Waals surface area contributed by atoms with Crippen molar-refractivity contribution >= 4 is 11.9 Å². The first kappa shape index (κ1) is 19.4. The van der Waals surface area contributed by atoms with Gasteiger partial charge in [-0.1, -0.05) is 13.8 Å². The number of nitrogens with zero attached hydrogens (tertiary/aromatic N) is 2. The lowest BCUT2D eigenvalue weighted by Gasteiger charge is -2.36. The van der Waals surface area contributed by atoms with Gasteiger partial charge in [-0.3, -0.25) is 14.5 Å². The van der Waals surface area contributed by atoms with Crippen LogP contribution in [-0.2, 0) is 14.3 Å². The monoisotopic (exact) mass is 323 g/mol. The summed E-state index contributed by atoms with van der Waals surface area (Å²) in [5.41, 5.74) is -0.866. The number of rotatable bonds is 6. The Balaban J connectivity index is 2.56. The van der Waals surface area contributed by atoms with E-state index in [2.05, 4.69) is 16.3 Å². The maximum Gasteiger partial charge on any atom is 0.309 e. The fourth-order valence-corrected chi connectivity index (χ4v) is 2.61. The van der Waals surface area contributed by atoms with Crippen LogP contribution in [0.25, 0.3) is 0 Å². The first-order valence-electron chi connectivity index (χ1n) is 8.39. The van der Waals surface area contributed by atoms with E-state index in [0.29, 0.717) is 32.5 Å². The summed E-state index contributed by atoms with van der Waals surface area (Å²) in [5, 5.41) is 12.2. The number of likely N-dealkylation sites (tertiary alicyclic amines) is 1. The van der Waals surface area contributed by atoms with Crippen molar-refractivity contribution in [2.75, 3.05) is 19.7 Å². The van der Waals surface area contributed by atoms with Crippen LogP contribution in [0.1, 0.15) is 47.5 Å². The van der Waals surface area contributed by atoms with Crippen molar-refractivity contribution in [3.63, 3.8) is 0 Å². The highest BCUT2D eigenvalue weighted by Crippen LogP contribution is 2.21. The van der Waals surface area contributed by atoms with Crippen LogP contribution >= 0.6 is 0 Å². The van der Waals surface area contributed by atoms with Gasteiger partial charge in [-0.05, 0) is 52.6 Å². The summed E-state index contributed by atoms with van der Waals surface area (Å²) in [6.45, 7) is 11.0. The SMILES string of the molecule is CCOC(=O)C1CCN([C@H](C)C(=O)N[C@@](C)(C#N)C(C)C)CC1. The van der Waals surface area contributed by atoms with E-state index in [1.807, 2.05) is 20.8 Å². The number of nitrogens with one attached hydrogen (secondary N) is 1. The van der Waals surface area contributed by atoms with E-state index in [4.69, 9.17) is 4.74 Å². The third-order valence-corrected chi connectivity index (χ3v) is 4.85. The van der Waals surface area contributed by atoms with E-state index in [1.165, 1.54) is 0 Å². The van der Waals surface area contributed by atoms with E-state index in [0.717, 1.165) is 0 Å². The Kier molecular flexibility index (Phi) is 7.01. The van der Waals surface area contributed by atoms with E-state index in [-0.39, 0.29) is 29.8 Å². The summed E-state index contributed by atoms with van der Waals surface area (Å²) in [4.78, 5) is 26.3. The van der Waals surface area contributed by atoms with Gasteiger partial charge in [0.05, 0.1) is 24.6 Å². The van der Waals surface area contributed by atoms with Gasteiger partial charge in [0.15, 0.2) is 0 Å². The molecule has 0 spiro atoms. The minimum atomic E-state index is -0.866. The molecule has 6 nitrogen and oxygen atoms in total. The number of hydrogen-bond acceptors (Lipinski definition) is 5. The summed E-state index contributed by atoms with van der Waals surface area (Å²) in [6.07, 6.45) is 1.41. The zero-order valence-electron chi connectivity index (χ0n) is 14.9. The zero-order chi connectivity index (χ0) is 17.6. The lowest BCUT2D eigenvalue weighted by molar-refractivity contribution is -0.149. The fourth-order valence-electron chi connectivity index (χ4n) is 2.61. The lowest BCUT2D eigenvalue weighted by atomic mass is 9.89. The normalized spacial score (nSPS) is 20.4. The third kappa shape index (κ3) is 4.93. The van der Waals surface area contributed by atoms with Crippen molar-refractivity contribution in [1.82, 2.24) is 10.2 Å². The zero-order valence-corrected chi connectivity index (χ0v) is 14.9. The topological polar surface area (TPSA) is 82.4 Å². The lowest BCUT2D eigenvalue weighted by Crippen LogP contribution is -2.56. The van der Waals surface area contributed by atoms with E-state index in [1.54, 1.807) is 13.8 Å². The summed E-state index contributed by atoms with van der Waals surface area (Å²) in [6, 6.07) is 1.88. The van der Waals surface area contributed by atoms with Gasteiger partial charge >= 0.3 is 5.97 Å². The molecule has 1 rings (SSSR count). The maximum atomic E-state index is 12.4. The van der Waals surface area contributed by atoms with Crippen molar-refractivity contribution in [2.24, 2.45) is 11.8 Å². The number of ether oxygens (including phenoxy) is 1. The first-order valence-corrected chi connectivity index (χ1v) is 8.39. The Labute approximate surface area is 139 Å². The molecule has 2 atom stereocenters. The van der Waals surface area contributed by atoms with Crippen molar-refractivity contribution in [2.45, 2.75) is 59.0 Å². The number of esters is 1.